The molecule has 3 rings (SSSR count). The first-order valence-electron chi connectivity index (χ1n) is 15.6. The molecule has 0 amide bonds. The number of azo groups is 1. The van der Waals surface area contributed by atoms with E-state index in [0.29, 0.717) is 17.9 Å². The Hall–Kier alpha value is -2.10. The minimum Gasteiger partial charge on any atom is -0.744 e. The molecule has 0 aliphatic heterocycles. The number of fused-ring (bicyclic) bond motifs is 1. The summed E-state index contributed by atoms with van der Waals surface area (Å²) in [7, 11) is -4.58. The van der Waals surface area contributed by atoms with Crippen LogP contribution >= 0.6 is 0 Å². The van der Waals surface area contributed by atoms with Gasteiger partial charge in [-0.25, -0.2) is 8.42 Å². The van der Waals surface area contributed by atoms with Gasteiger partial charge in [-0.15, -0.1) is 5.11 Å². The van der Waals surface area contributed by atoms with Crippen molar-refractivity contribution in [1.82, 2.24) is 0 Å². The van der Waals surface area contributed by atoms with E-state index in [1.807, 2.05) is 24.3 Å². The maximum atomic E-state index is 12.6. The number of nitrogens with zero attached hydrogens (tertiary/aromatic N) is 2. The molecule has 228 valence electrons. The van der Waals surface area contributed by atoms with Crippen LogP contribution in [0.1, 0.15) is 110 Å². The molecule has 0 bridgehead atoms. The molecule has 0 atom stereocenters. The van der Waals surface area contributed by atoms with Crippen LogP contribution in [0.2, 0.25) is 0 Å². The largest absolute Gasteiger partial charge is 1.00 e. The van der Waals surface area contributed by atoms with E-state index in [0.717, 1.165) is 30.0 Å². The van der Waals surface area contributed by atoms with E-state index in [1.165, 1.54) is 95.2 Å². The molecule has 7 nitrogen and oxygen atoms in total. The Labute approximate surface area is 280 Å². The van der Waals surface area contributed by atoms with Crippen LogP contribution in [0.5, 0.6) is 5.75 Å². The van der Waals surface area contributed by atoms with E-state index in [4.69, 9.17) is 4.74 Å². The number of benzene rings is 3. The third-order valence-electron chi connectivity index (χ3n) is 7.45. The molecule has 3 aromatic carbocycles. The zero-order valence-corrected chi connectivity index (χ0v) is 28.7. The van der Waals surface area contributed by atoms with Gasteiger partial charge in [-0.3, -0.25) is 4.79 Å². The van der Waals surface area contributed by atoms with Crippen LogP contribution in [0.4, 0.5) is 11.4 Å². The monoisotopic (exact) mass is 616 g/mol. The van der Waals surface area contributed by atoms with Crippen molar-refractivity contribution in [2.75, 3.05) is 0 Å². The summed E-state index contributed by atoms with van der Waals surface area (Å²) in [5.74, 6) is 0.217. The normalized spacial score (nSPS) is 11.6. The van der Waals surface area contributed by atoms with Crippen molar-refractivity contribution in [3.8, 4) is 5.75 Å². The van der Waals surface area contributed by atoms with Gasteiger partial charge in [-0.05, 0) is 36.8 Å². The molecule has 0 saturated heterocycles. The van der Waals surface area contributed by atoms with Crippen molar-refractivity contribution in [3.63, 3.8) is 0 Å². The number of hydrogen-bond donors (Lipinski definition) is 0. The second-order valence-electron chi connectivity index (χ2n) is 11.0. The number of unbranched alkanes of at least 4 members (excludes halogenated alkanes) is 14. The SMILES string of the molecule is CCCCCCCCCCCCCCCCCC(=O)Oc1ccc(/N=N/c2cccc(S(=O)(=O)[O-])c2)c2ccccc12.[Na+]. The molecule has 3 aromatic rings. The van der Waals surface area contributed by atoms with Crippen molar-refractivity contribution in [2.24, 2.45) is 10.2 Å². The number of esters is 1. The molecular formula is C34H45N2NaO5S. The van der Waals surface area contributed by atoms with E-state index in [-0.39, 0.29) is 46.1 Å². The fourth-order valence-corrected chi connectivity index (χ4v) is 5.57. The molecule has 0 unspecified atom stereocenters. The van der Waals surface area contributed by atoms with Crippen molar-refractivity contribution < 1.29 is 52.1 Å². The summed E-state index contributed by atoms with van der Waals surface area (Å²) in [5.41, 5.74) is 0.776. The van der Waals surface area contributed by atoms with Gasteiger partial charge in [0.05, 0.1) is 16.3 Å². The standard InChI is InChI=1S/C34H46N2O5S.Na/c1-2-3-4-5-6-7-8-9-10-11-12-13-14-15-16-24-34(37)41-33-26-25-32(30-22-17-18-23-31(30)33)36-35-28-20-19-21-29(27-28)42(38,39)40;/h17-23,25-27H,2-16,24H2,1H3,(H,38,39,40);/q;+1/p-1/b36-35+;. The Bertz CT molecular complexity index is 1390. The summed E-state index contributed by atoms with van der Waals surface area (Å²) in [6.07, 6.45) is 19.6. The molecule has 0 N–H and O–H groups in total. The first kappa shape index (κ1) is 37.1. The Balaban J connectivity index is 0.00000645. The van der Waals surface area contributed by atoms with E-state index in [2.05, 4.69) is 17.2 Å². The molecule has 0 radical (unpaired) electrons. The van der Waals surface area contributed by atoms with Crippen LogP contribution in [0, 0.1) is 0 Å². The van der Waals surface area contributed by atoms with Gasteiger partial charge in [0.25, 0.3) is 0 Å². The van der Waals surface area contributed by atoms with E-state index in [9.17, 15) is 17.8 Å². The Morgan fingerprint density at radius 2 is 1.26 bits per heavy atom. The van der Waals surface area contributed by atoms with Crippen LogP contribution in [0.3, 0.4) is 0 Å². The summed E-state index contributed by atoms with van der Waals surface area (Å²) in [4.78, 5) is 12.2. The molecule has 43 heavy (non-hydrogen) atoms. The summed E-state index contributed by atoms with van der Waals surface area (Å²) in [6.45, 7) is 2.26. The van der Waals surface area contributed by atoms with Gasteiger partial charge in [0.2, 0.25) is 0 Å². The molecule has 0 aliphatic rings. The summed E-state index contributed by atoms with van der Waals surface area (Å²) in [5, 5.41) is 9.84. The first-order chi connectivity index (χ1) is 20.4. The summed E-state index contributed by atoms with van der Waals surface area (Å²) in [6, 6.07) is 16.2. The third-order valence-corrected chi connectivity index (χ3v) is 8.28. The van der Waals surface area contributed by atoms with Gasteiger partial charge in [0, 0.05) is 17.2 Å². The molecule has 0 aromatic heterocycles. The predicted octanol–water partition coefficient (Wildman–Crippen LogP) is 7.33. The average molecular weight is 617 g/mol. The Kier molecular flexibility index (Phi) is 17.9. The van der Waals surface area contributed by atoms with Crippen molar-refractivity contribution in [3.05, 3.63) is 60.7 Å². The van der Waals surface area contributed by atoms with Crippen LogP contribution in [-0.2, 0) is 14.9 Å². The molecule has 9 heteroatoms. The van der Waals surface area contributed by atoms with Gasteiger partial charge < -0.3 is 9.29 Å². The summed E-state index contributed by atoms with van der Waals surface area (Å²) < 4.78 is 39.6. The van der Waals surface area contributed by atoms with E-state index < -0.39 is 10.1 Å². The summed E-state index contributed by atoms with van der Waals surface area (Å²) >= 11 is 0. The average Bonchev–Trinajstić information content (AvgIpc) is 2.98. The minimum atomic E-state index is -4.58. The second kappa shape index (κ2) is 20.8. The maximum Gasteiger partial charge on any atom is 1.00 e. The van der Waals surface area contributed by atoms with E-state index >= 15 is 0 Å². The Morgan fingerprint density at radius 1 is 0.698 bits per heavy atom. The molecule has 0 aliphatic carbocycles. The predicted molar refractivity (Wildman–Crippen MR) is 168 cm³/mol. The molecular weight excluding hydrogens is 571 g/mol. The smallest absolute Gasteiger partial charge is 0.744 e. The molecule has 0 saturated carbocycles. The minimum absolute atomic E-state index is 0. The van der Waals surface area contributed by atoms with Crippen molar-refractivity contribution in [2.45, 2.75) is 115 Å². The number of carbonyl (C=O) groups is 1. The fourth-order valence-electron chi connectivity index (χ4n) is 5.06. The van der Waals surface area contributed by atoms with Crippen LogP contribution < -0.4 is 34.3 Å². The Morgan fingerprint density at radius 3 is 1.84 bits per heavy atom. The number of ether oxygens (including phenoxy) is 1. The fraction of sp³-hybridized carbons (Fsp3) is 0.500. The van der Waals surface area contributed by atoms with Crippen molar-refractivity contribution >= 4 is 38.2 Å². The number of hydrogen-bond acceptors (Lipinski definition) is 7. The maximum absolute atomic E-state index is 12.6. The third kappa shape index (κ3) is 14.0. The van der Waals surface area contributed by atoms with Gasteiger partial charge in [-0.1, -0.05) is 127 Å². The first-order valence-corrected chi connectivity index (χ1v) is 17.0. The topological polar surface area (TPSA) is 108 Å². The van der Waals surface area contributed by atoms with Crippen LogP contribution in [0.25, 0.3) is 10.8 Å². The zero-order valence-electron chi connectivity index (χ0n) is 25.9. The van der Waals surface area contributed by atoms with E-state index in [1.54, 1.807) is 18.2 Å². The molecule has 0 heterocycles. The van der Waals surface area contributed by atoms with Gasteiger partial charge >= 0.3 is 35.5 Å². The second-order valence-corrected chi connectivity index (χ2v) is 12.3. The van der Waals surface area contributed by atoms with Gasteiger partial charge in [-0.2, -0.15) is 5.11 Å². The van der Waals surface area contributed by atoms with Gasteiger partial charge in [0.15, 0.2) is 0 Å². The molecule has 0 fully saturated rings. The molecule has 0 spiro atoms. The van der Waals surface area contributed by atoms with Crippen molar-refractivity contribution in [1.29, 1.82) is 0 Å². The van der Waals surface area contributed by atoms with Gasteiger partial charge in [0.1, 0.15) is 15.9 Å². The number of rotatable bonds is 20. The van der Waals surface area contributed by atoms with Crippen LogP contribution in [0.15, 0.2) is 75.8 Å². The number of carbonyl (C=O) groups excluding carboxylic acids is 1. The quantitative estimate of drug-likeness (QED) is 0.0330. The van der Waals surface area contributed by atoms with Crippen LogP contribution in [-0.4, -0.2) is 18.9 Å². The zero-order chi connectivity index (χ0) is 30.0.